The third-order valence-corrected chi connectivity index (χ3v) is 11.5. The quantitative estimate of drug-likeness (QED) is 0.185. The SMILES string of the molecule is c1ccc(-c2nc(-c3ccc4c(c3)C3(c5ccccc5-4)c4ccccc4-c4cccc5cccc3c45)nc(-c3ccc4c(c3)oc3ccccc34)n2)cc1. The van der Waals surface area contributed by atoms with Crippen LogP contribution in [0.5, 0.6) is 0 Å². The predicted molar refractivity (Wildman–Crippen MR) is 217 cm³/mol. The van der Waals surface area contributed by atoms with E-state index in [9.17, 15) is 0 Å². The Labute approximate surface area is 311 Å². The van der Waals surface area contributed by atoms with Gasteiger partial charge in [0.2, 0.25) is 0 Å². The summed E-state index contributed by atoms with van der Waals surface area (Å²) >= 11 is 0. The van der Waals surface area contributed by atoms with Gasteiger partial charge in [0.15, 0.2) is 17.5 Å². The maximum atomic E-state index is 6.30. The second kappa shape index (κ2) is 10.9. The summed E-state index contributed by atoms with van der Waals surface area (Å²) in [5, 5.41) is 4.72. The maximum absolute atomic E-state index is 6.30. The summed E-state index contributed by atoms with van der Waals surface area (Å²) in [7, 11) is 0. The lowest BCUT2D eigenvalue weighted by Crippen LogP contribution is -2.31. The number of hydrogen-bond acceptors (Lipinski definition) is 4. The van der Waals surface area contributed by atoms with Gasteiger partial charge < -0.3 is 4.42 Å². The van der Waals surface area contributed by atoms with E-state index in [2.05, 4.69) is 140 Å². The van der Waals surface area contributed by atoms with Crippen LogP contribution in [0.25, 0.3) is 89.1 Å². The van der Waals surface area contributed by atoms with Crippen LogP contribution in [-0.4, -0.2) is 15.0 Å². The average molecular weight is 688 g/mol. The number of furan rings is 1. The molecule has 54 heavy (non-hydrogen) atoms. The van der Waals surface area contributed by atoms with E-state index < -0.39 is 5.41 Å². The molecule has 8 aromatic carbocycles. The first-order valence-electron chi connectivity index (χ1n) is 18.4. The normalized spacial score (nSPS) is 15.1. The van der Waals surface area contributed by atoms with E-state index in [4.69, 9.17) is 19.4 Å². The molecule has 250 valence electrons. The van der Waals surface area contributed by atoms with Crippen molar-refractivity contribution in [1.82, 2.24) is 15.0 Å². The molecule has 1 atom stereocenters. The van der Waals surface area contributed by atoms with Crippen LogP contribution < -0.4 is 0 Å². The summed E-state index contributed by atoms with van der Waals surface area (Å²) in [4.78, 5) is 15.5. The van der Waals surface area contributed by atoms with Crippen LogP contribution in [0, 0.1) is 0 Å². The lowest BCUT2D eigenvalue weighted by molar-refractivity contribution is 0.669. The molecule has 0 radical (unpaired) electrons. The number of benzene rings is 8. The molecule has 0 amide bonds. The molecule has 4 nitrogen and oxygen atoms in total. The number of aromatic nitrogens is 3. The molecule has 0 N–H and O–H groups in total. The fourth-order valence-corrected chi connectivity index (χ4v) is 9.28. The van der Waals surface area contributed by atoms with Gasteiger partial charge in [-0.15, -0.1) is 0 Å². The highest BCUT2D eigenvalue weighted by Gasteiger charge is 2.50. The Morgan fingerprint density at radius 2 is 0.907 bits per heavy atom. The number of fused-ring (bicyclic) bond motifs is 12. The first-order chi connectivity index (χ1) is 26.8. The van der Waals surface area contributed by atoms with Gasteiger partial charge in [0.1, 0.15) is 11.2 Å². The van der Waals surface area contributed by atoms with Crippen molar-refractivity contribution in [3.63, 3.8) is 0 Å². The Balaban J connectivity index is 1.12. The van der Waals surface area contributed by atoms with Crippen LogP contribution >= 0.6 is 0 Å². The number of hydrogen-bond donors (Lipinski definition) is 0. The highest BCUT2D eigenvalue weighted by molar-refractivity contribution is 6.07. The monoisotopic (exact) mass is 687 g/mol. The van der Waals surface area contributed by atoms with Crippen LogP contribution in [0.15, 0.2) is 180 Å². The smallest absolute Gasteiger partial charge is 0.164 e. The zero-order chi connectivity index (χ0) is 35.4. The van der Waals surface area contributed by atoms with Gasteiger partial charge in [-0.05, 0) is 79.5 Å². The average Bonchev–Trinajstić information content (AvgIpc) is 3.76. The minimum Gasteiger partial charge on any atom is -0.456 e. The number of nitrogens with zero attached hydrogens (tertiary/aromatic N) is 3. The second-order valence-electron chi connectivity index (χ2n) is 14.3. The fourth-order valence-electron chi connectivity index (χ4n) is 9.28. The van der Waals surface area contributed by atoms with E-state index in [0.717, 1.165) is 38.6 Å². The Hall–Kier alpha value is -7.17. The summed E-state index contributed by atoms with van der Waals surface area (Å²) in [5.41, 5.74) is 14.0. The lowest BCUT2D eigenvalue weighted by Gasteiger charge is -2.40. The largest absolute Gasteiger partial charge is 0.456 e. The lowest BCUT2D eigenvalue weighted by atomic mass is 9.61. The molecule has 0 saturated carbocycles. The molecule has 0 saturated heterocycles. The predicted octanol–water partition coefficient (Wildman–Crippen LogP) is 12.3. The van der Waals surface area contributed by atoms with Gasteiger partial charge in [-0.25, -0.2) is 15.0 Å². The Morgan fingerprint density at radius 1 is 0.352 bits per heavy atom. The minimum atomic E-state index is -0.531. The van der Waals surface area contributed by atoms with Crippen molar-refractivity contribution in [2.75, 3.05) is 0 Å². The van der Waals surface area contributed by atoms with Crippen LogP contribution in [-0.2, 0) is 5.41 Å². The molecule has 1 spiro atoms. The minimum absolute atomic E-state index is 0.531. The van der Waals surface area contributed by atoms with Crippen LogP contribution in [0.1, 0.15) is 22.3 Å². The molecular weight excluding hydrogens is 659 g/mol. The molecule has 12 rings (SSSR count). The molecule has 0 aliphatic heterocycles. The van der Waals surface area contributed by atoms with Gasteiger partial charge in [0.05, 0.1) is 5.41 Å². The maximum Gasteiger partial charge on any atom is 0.164 e. The van der Waals surface area contributed by atoms with Crippen molar-refractivity contribution in [3.05, 3.63) is 198 Å². The summed E-state index contributed by atoms with van der Waals surface area (Å²) in [6.45, 7) is 0. The van der Waals surface area contributed by atoms with Gasteiger partial charge in [-0.3, -0.25) is 0 Å². The molecule has 1 unspecified atom stereocenters. The Bertz CT molecular complexity index is 3170. The zero-order valence-corrected chi connectivity index (χ0v) is 29.0. The zero-order valence-electron chi connectivity index (χ0n) is 29.0. The van der Waals surface area contributed by atoms with Crippen molar-refractivity contribution in [2.24, 2.45) is 0 Å². The first-order valence-corrected chi connectivity index (χ1v) is 18.4. The topological polar surface area (TPSA) is 51.8 Å². The van der Waals surface area contributed by atoms with Gasteiger partial charge in [0, 0.05) is 27.5 Å². The molecule has 10 aromatic rings. The molecule has 2 aliphatic rings. The van der Waals surface area contributed by atoms with Crippen molar-refractivity contribution in [1.29, 1.82) is 0 Å². The Morgan fingerprint density at radius 3 is 1.70 bits per heavy atom. The third-order valence-electron chi connectivity index (χ3n) is 11.5. The van der Waals surface area contributed by atoms with Gasteiger partial charge in [-0.2, -0.15) is 0 Å². The van der Waals surface area contributed by atoms with E-state index in [1.807, 2.05) is 36.4 Å². The van der Waals surface area contributed by atoms with Crippen molar-refractivity contribution < 1.29 is 4.42 Å². The number of para-hydroxylation sites is 1. The van der Waals surface area contributed by atoms with Gasteiger partial charge in [0.25, 0.3) is 0 Å². The summed E-state index contributed by atoms with van der Waals surface area (Å²) in [6.07, 6.45) is 0. The van der Waals surface area contributed by atoms with E-state index in [1.54, 1.807) is 0 Å². The van der Waals surface area contributed by atoms with E-state index in [-0.39, 0.29) is 0 Å². The van der Waals surface area contributed by atoms with E-state index in [0.29, 0.717) is 17.5 Å². The van der Waals surface area contributed by atoms with E-state index in [1.165, 1.54) is 55.3 Å². The Kier molecular flexibility index (Phi) is 5.95. The van der Waals surface area contributed by atoms with Crippen molar-refractivity contribution in [2.45, 2.75) is 5.41 Å². The molecule has 2 aromatic heterocycles. The van der Waals surface area contributed by atoms with Crippen molar-refractivity contribution in [3.8, 4) is 56.4 Å². The summed E-state index contributed by atoms with van der Waals surface area (Å²) in [6, 6.07) is 62.7. The molecule has 4 heteroatoms. The van der Waals surface area contributed by atoms with Crippen LogP contribution in [0.4, 0.5) is 0 Å². The van der Waals surface area contributed by atoms with E-state index >= 15 is 0 Å². The molecule has 2 aliphatic carbocycles. The molecule has 0 bridgehead atoms. The standard InChI is InChI=1S/C50H29N3O/c1-2-12-31(13-3-1)47-51-48(53-49(52-47)33-25-27-38-37-18-6-9-23-44(37)54-45(38)29-33)32-24-26-36-34-16-4-7-20-40(34)50(43(36)28-32)41-21-8-5-17-35(41)39-19-10-14-30-15-11-22-42(50)46(30)39/h1-29H. The molecule has 0 fully saturated rings. The van der Waals surface area contributed by atoms with Crippen LogP contribution in [0.3, 0.4) is 0 Å². The van der Waals surface area contributed by atoms with Crippen molar-refractivity contribution >= 4 is 32.7 Å². The van der Waals surface area contributed by atoms with Gasteiger partial charge in [-0.1, -0.05) is 152 Å². The van der Waals surface area contributed by atoms with Crippen LogP contribution in [0.2, 0.25) is 0 Å². The van der Waals surface area contributed by atoms with Gasteiger partial charge >= 0.3 is 0 Å². The summed E-state index contributed by atoms with van der Waals surface area (Å²) in [5.74, 6) is 1.85. The highest BCUT2D eigenvalue weighted by Crippen LogP contribution is 2.62. The third kappa shape index (κ3) is 3.94. The first kappa shape index (κ1) is 29.4. The molecule has 2 heterocycles. The second-order valence-corrected chi connectivity index (χ2v) is 14.3. The highest BCUT2D eigenvalue weighted by atomic mass is 16.3. The fraction of sp³-hybridized carbons (Fsp3) is 0.0200. The summed E-state index contributed by atoms with van der Waals surface area (Å²) < 4.78 is 6.30. The molecular formula is C50H29N3O. The number of rotatable bonds is 3.